The van der Waals surface area contributed by atoms with Crippen LogP contribution < -0.4 is 4.90 Å². The predicted octanol–water partition coefficient (Wildman–Crippen LogP) is 2.20. The molecule has 3 heterocycles. The number of anilines is 1. The number of halogens is 1. The third-order valence-corrected chi connectivity index (χ3v) is 3.18. The summed E-state index contributed by atoms with van der Waals surface area (Å²) < 4.78 is 1.68. The molecular formula is C13H13ClN6. The summed E-state index contributed by atoms with van der Waals surface area (Å²) >= 11 is 6.05. The van der Waals surface area contributed by atoms with Crippen molar-refractivity contribution in [2.75, 3.05) is 11.4 Å². The third kappa shape index (κ3) is 2.42. The maximum atomic E-state index is 6.05. The van der Waals surface area contributed by atoms with Crippen molar-refractivity contribution in [3.05, 3.63) is 47.6 Å². The van der Waals surface area contributed by atoms with Gasteiger partial charge in [-0.25, -0.2) is 0 Å². The molecule has 0 aliphatic carbocycles. The Morgan fingerprint density at radius 3 is 2.95 bits per heavy atom. The Hall–Kier alpha value is -2.21. The van der Waals surface area contributed by atoms with Gasteiger partial charge in [0, 0.05) is 18.8 Å². The van der Waals surface area contributed by atoms with Gasteiger partial charge in [-0.3, -0.25) is 4.98 Å². The van der Waals surface area contributed by atoms with Gasteiger partial charge in [-0.2, -0.15) is 19.6 Å². The topological polar surface area (TPSA) is 59.2 Å². The first-order valence-electron chi connectivity index (χ1n) is 6.29. The van der Waals surface area contributed by atoms with E-state index in [0.29, 0.717) is 17.5 Å². The fraction of sp³-hybridized carbons (Fsp3) is 0.231. The van der Waals surface area contributed by atoms with E-state index >= 15 is 0 Å². The maximum absolute atomic E-state index is 6.05. The summed E-state index contributed by atoms with van der Waals surface area (Å²) in [5.41, 5.74) is 0.982. The first-order valence-corrected chi connectivity index (χ1v) is 6.67. The molecule has 0 saturated heterocycles. The van der Waals surface area contributed by atoms with E-state index in [1.165, 1.54) is 6.33 Å². The smallest absolute Gasteiger partial charge is 0.255 e. The van der Waals surface area contributed by atoms with E-state index in [2.05, 4.69) is 31.9 Å². The minimum Gasteiger partial charge on any atom is -0.351 e. The lowest BCUT2D eigenvalue weighted by molar-refractivity contribution is 0.762. The molecule has 0 unspecified atom stereocenters. The van der Waals surface area contributed by atoms with Crippen LogP contribution in [0.4, 0.5) is 5.82 Å². The molecule has 6 nitrogen and oxygen atoms in total. The molecule has 0 N–H and O–H groups in total. The molecule has 7 heteroatoms. The summed E-state index contributed by atoms with van der Waals surface area (Å²) in [5, 5.41) is 4.60. The molecule has 102 valence electrons. The number of aromatic nitrogens is 5. The highest BCUT2D eigenvalue weighted by Gasteiger charge is 2.13. The average Bonchev–Trinajstić information content (AvgIpc) is 2.93. The van der Waals surface area contributed by atoms with Gasteiger partial charge in [0.15, 0.2) is 0 Å². The van der Waals surface area contributed by atoms with Crippen molar-refractivity contribution >= 4 is 23.2 Å². The molecule has 3 aromatic rings. The van der Waals surface area contributed by atoms with Crippen LogP contribution in [-0.4, -0.2) is 31.1 Å². The SMILES string of the molecule is CCN(Cc1ccccn1)c1cc(Cl)nc2ncnn12. The zero-order valence-electron chi connectivity index (χ0n) is 10.9. The van der Waals surface area contributed by atoms with Crippen molar-refractivity contribution in [1.29, 1.82) is 0 Å². The van der Waals surface area contributed by atoms with Crippen molar-refractivity contribution in [1.82, 2.24) is 24.6 Å². The molecule has 0 spiro atoms. The summed E-state index contributed by atoms with van der Waals surface area (Å²) in [6, 6.07) is 7.65. The highest BCUT2D eigenvalue weighted by molar-refractivity contribution is 6.29. The molecule has 0 atom stereocenters. The van der Waals surface area contributed by atoms with Crippen LogP contribution in [0.2, 0.25) is 5.15 Å². The monoisotopic (exact) mass is 288 g/mol. The zero-order chi connectivity index (χ0) is 13.9. The summed E-state index contributed by atoms with van der Waals surface area (Å²) in [6.45, 7) is 3.54. The Balaban J connectivity index is 2.01. The van der Waals surface area contributed by atoms with Gasteiger partial charge in [0.2, 0.25) is 0 Å². The second-order valence-corrected chi connectivity index (χ2v) is 4.63. The first kappa shape index (κ1) is 12.8. The lowest BCUT2D eigenvalue weighted by Crippen LogP contribution is -2.25. The highest BCUT2D eigenvalue weighted by Crippen LogP contribution is 2.20. The van der Waals surface area contributed by atoms with Crippen molar-refractivity contribution in [3.63, 3.8) is 0 Å². The number of nitrogens with zero attached hydrogens (tertiary/aromatic N) is 6. The van der Waals surface area contributed by atoms with E-state index in [1.807, 2.05) is 18.2 Å². The molecule has 0 aromatic carbocycles. The molecule has 0 radical (unpaired) electrons. The second kappa shape index (κ2) is 5.42. The van der Waals surface area contributed by atoms with Crippen molar-refractivity contribution < 1.29 is 0 Å². The van der Waals surface area contributed by atoms with Crippen LogP contribution in [0.1, 0.15) is 12.6 Å². The van der Waals surface area contributed by atoms with E-state index in [1.54, 1.807) is 16.8 Å². The van der Waals surface area contributed by atoms with Crippen LogP contribution in [0.25, 0.3) is 5.78 Å². The van der Waals surface area contributed by atoms with Gasteiger partial charge in [-0.05, 0) is 19.1 Å². The van der Waals surface area contributed by atoms with Crippen molar-refractivity contribution in [3.8, 4) is 0 Å². The molecule has 0 aliphatic heterocycles. The van der Waals surface area contributed by atoms with E-state index in [-0.39, 0.29) is 0 Å². The molecule has 0 amide bonds. The normalized spacial score (nSPS) is 10.9. The van der Waals surface area contributed by atoms with Crippen molar-refractivity contribution in [2.45, 2.75) is 13.5 Å². The lowest BCUT2D eigenvalue weighted by atomic mass is 10.3. The maximum Gasteiger partial charge on any atom is 0.255 e. The summed E-state index contributed by atoms with van der Waals surface area (Å²) in [5.74, 6) is 1.35. The van der Waals surface area contributed by atoms with Crippen LogP contribution in [0.5, 0.6) is 0 Å². The quantitative estimate of drug-likeness (QED) is 0.689. The molecule has 3 rings (SSSR count). The Labute approximate surface area is 121 Å². The summed E-state index contributed by atoms with van der Waals surface area (Å²) in [7, 11) is 0. The highest BCUT2D eigenvalue weighted by atomic mass is 35.5. The van der Waals surface area contributed by atoms with Gasteiger partial charge in [-0.15, -0.1) is 0 Å². The molecule has 3 aromatic heterocycles. The molecule has 0 bridgehead atoms. The Morgan fingerprint density at radius 2 is 2.20 bits per heavy atom. The van der Waals surface area contributed by atoms with Gasteiger partial charge >= 0.3 is 0 Å². The van der Waals surface area contributed by atoms with Gasteiger partial charge in [-0.1, -0.05) is 17.7 Å². The van der Waals surface area contributed by atoms with E-state index in [4.69, 9.17) is 11.6 Å². The second-order valence-electron chi connectivity index (χ2n) is 4.24. The number of hydrogen-bond acceptors (Lipinski definition) is 5. The predicted molar refractivity (Wildman–Crippen MR) is 76.8 cm³/mol. The number of rotatable bonds is 4. The number of hydrogen-bond donors (Lipinski definition) is 0. The van der Waals surface area contributed by atoms with E-state index in [0.717, 1.165) is 18.1 Å². The Kier molecular flexibility index (Phi) is 3.47. The largest absolute Gasteiger partial charge is 0.351 e. The van der Waals surface area contributed by atoms with Crippen molar-refractivity contribution in [2.24, 2.45) is 0 Å². The van der Waals surface area contributed by atoms with Crippen LogP contribution in [0.15, 0.2) is 36.8 Å². The number of pyridine rings is 1. The fourth-order valence-electron chi connectivity index (χ4n) is 2.04. The molecular weight excluding hydrogens is 276 g/mol. The van der Waals surface area contributed by atoms with Crippen LogP contribution in [-0.2, 0) is 6.54 Å². The van der Waals surface area contributed by atoms with Gasteiger partial charge in [0.1, 0.15) is 17.3 Å². The van der Waals surface area contributed by atoms with Crippen LogP contribution in [0.3, 0.4) is 0 Å². The Morgan fingerprint density at radius 1 is 1.30 bits per heavy atom. The lowest BCUT2D eigenvalue weighted by Gasteiger charge is -2.22. The third-order valence-electron chi connectivity index (χ3n) is 2.99. The van der Waals surface area contributed by atoms with Crippen LogP contribution >= 0.6 is 11.6 Å². The van der Waals surface area contributed by atoms with E-state index in [9.17, 15) is 0 Å². The number of fused-ring (bicyclic) bond motifs is 1. The molecule has 0 aliphatic rings. The van der Waals surface area contributed by atoms with Gasteiger partial charge < -0.3 is 4.90 Å². The fourth-order valence-corrected chi connectivity index (χ4v) is 2.21. The summed E-state index contributed by atoms with van der Waals surface area (Å²) in [4.78, 5) is 14.7. The molecule has 0 saturated carbocycles. The zero-order valence-corrected chi connectivity index (χ0v) is 11.7. The summed E-state index contributed by atoms with van der Waals surface area (Å²) in [6.07, 6.45) is 3.25. The Bertz CT molecular complexity index is 711. The van der Waals surface area contributed by atoms with Crippen LogP contribution in [0, 0.1) is 0 Å². The molecule has 0 fully saturated rings. The molecule has 20 heavy (non-hydrogen) atoms. The first-order chi connectivity index (χ1) is 9.78. The minimum atomic E-state index is 0.403. The minimum absolute atomic E-state index is 0.403. The standard InChI is InChI=1S/C13H13ClN6/c1-2-19(8-10-5-3-4-6-15-10)12-7-11(14)18-13-16-9-17-20(12)13/h3-7,9H,2,8H2,1H3. The van der Waals surface area contributed by atoms with Gasteiger partial charge in [0.25, 0.3) is 5.78 Å². The average molecular weight is 289 g/mol. The van der Waals surface area contributed by atoms with E-state index < -0.39 is 0 Å². The van der Waals surface area contributed by atoms with Gasteiger partial charge in [0.05, 0.1) is 12.2 Å².